The van der Waals surface area contributed by atoms with E-state index in [2.05, 4.69) is 34.9 Å². The molecule has 1 aromatic rings. The van der Waals surface area contributed by atoms with Gasteiger partial charge in [0.15, 0.2) is 11.1 Å². The lowest BCUT2D eigenvalue weighted by Gasteiger charge is -2.16. The number of rotatable bonds is 3. The van der Waals surface area contributed by atoms with Gasteiger partial charge in [-0.25, -0.2) is 0 Å². The highest BCUT2D eigenvalue weighted by Crippen LogP contribution is 2.20. The quantitative estimate of drug-likeness (QED) is 0.295. The fraction of sp³-hybridized carbons (Fsp3) is 0.286. The normalized spacial score (nSPS) is 9.32. The van der Waals surface area contributed by atoms with Crippen LogP contribution in [-0.2, 0) is 6.42 Å². The fourth-order valence-corrected chi connectivity index (χ4v) is 1.85. The molecular formula is C14H18N4S. The zero-order chi connectivity index (χ0) is 14.3. The predicted octanol–water partition coefficient (Wildman–Crippen LogP) is 2.00. The monoisotopic (exact) mass is 274 g/mol. The van der Waals surface area contributed by atoms with Crippen LogP contribution >= 0.6 is 12.2 Å². The summed E-state index contributed by atoms with van der Waals surface area (Å²) in [6.07, 6.45) is 6.02. The van der Waals surface area contributed by atoms with Gasteiger partial charge in [-0.15, -0.1) is 6.42 Å². The molecule has 1 aromatic carbocycles. The smallest absolute Gasteiger partial charge is 0.195 e. The molecule has 100 valence electrons. The number of guanidine groups is 1. The topological polar surface area (TPSA) is 59.9 Å². The molecule has 0 aliphatic heterocycles. The second kappa shape index (κ2) is 7.39. The van der Waals surface area contributed by atoms with Gasteiger partial charge in [0.2, 0.25) is 0 Å². The summed E-state index contributed by atoms with van der Waals surface area (Å²) in [5.74, 6) is 2.48. The van der Waals surface area contributed by atoms with E-state index >= 15 is 0 Å². The van der Waals surface area contributed by atoms with E-state index in [0.717, 1.165) is 17.7 Å². The Hall–Kier alpha value is -2.06. The minimum Gasteiger partial charge on any atom is -0.345 e. The van der Waals surface area contributed by atoms with Crippen molar-refractivity contribution in [1.82, 2.24) is 10.6 Å². The van der Waals surface area contributed by atoms with Gasteiger partial charge in [0.1, 0.15) is 0 Å². The Morgan fingerprint density at radius 2 is 2.21 bits per heavy atom. The van der Waals surface area contributed by atoms with Crippen LogP contribution in [0.1, 0.15) is 18.1 Å². The zero-order valence-corrected chi connectivity index (χ0v) is 11.9. The molecule has 19 heavy (non-hydrogen) atoms. The highest BCUT2D eigenvalue weighted by atomic mass is 32.1. The summed E-state index contributed by atoms with van der Waals surface area (Å²) in [4.78, 5) is 0. The summed E-state index contributed by atoms with van der Waals surface area (Å²) < 4.78 is 0. The first-order valence-electron chi connectivity index (χ1n) is 6.00. The van der Waals surface area contributed by atoms with E-state index in [1.54, 1.807) is 0 Å². The maximum Gasteiger partial charge on any atom is 0.195 e. The maximum absolute atomic E-state index is 7.60. The van der Waals surface area contributed by atoms with Gasteiger partial charge in [-0.2, -0.15) is 0 Å². The van der Waals surface area contributed by atoms with Crippen molar-refractivity contribution < 1.29 is 0 Å². The molecule has 0 fully saturated rings. The standard InChI is InChI=1S/C14H18N4S/c1-4-9-16-13(15)18-14(19)17-12-10(3)7-6-8-11(12)5-2/h1,6-8H,5,9H2,2-3H3,(H4,15,16,17,18,19). The molecule has 0 saturated carbocycles. The van der Waals surface area contributed by atoms with Crippen molar-refractivity contribution in [2.45, 2.75) is 20.3 Å². The Bertz CT molecular complexity index is 517. The molecule has 4 nitrogen and oxygen atoms in total. The average Bonchev–Trinajstić information content (AvgIpc) is 2.38. The third kappa shape index (κ3) is 4.60. The van der Waals surface area contributed by atoms with Crippen molar-refractivity contribution in [3.63, 3.8) is 0 Å². The number of terminal acetylenes is 1. The summed E-state index contributed by atoms with van der Waals surface area (Å²) in [6.45, 7) is 4.40. The molecule has 0 unspecified atom stereocenters. The Morgan fingerprint density at radius 3 is 2.84 bits per heavy atom. The summed E-state index contributed by atoms with van der Waals surface area (Å²) >= 11 is 5.18. The second-order valence-corrected chi connectivity index (χ2v) is 4.38. The molecule has 0 aliphatic carbocycles. The first kappa shape index (κ1) is 15.0. The van der Waals surface area contributed by atoms with E-state index in [0.29, 0.717) is 11.7 Å². The number of aryl methyl sites for hydroxylation is 2. The molecule has 0 radical (unpaired) electrons. The Morgan fingerprint density at radius 1 is 1.47 bits per heavy atom. The average molecular weight is 274 g/mol. The van der Waals surface area contributed by atoms with Crippen LogP contribution in [0.5, 0.6) is 0 Å². The van der Waals surface area contributed by atoms with Crippen molar-refractivity contribution in [3.05, 3.63) is 29.3 Å². The van der Waals surface area contributed by atoms with Gasteiger partial charge in [0, 0.05) is 5.69 Å². The van der Waals surface area contributed by atoms with Crippen LogP contribution in [0.25, 0.3) is 0 Å². The maximum atomic E-state index is 7.60. The Kier molecular flexibility index (Phi) is 5.83. The van der Waals surface area contributed by atoms with Crippen molar-refractivity contribution in [2.24, 2.45) is 0 Å². The largest absolute Gasteiger partial charge is 0.345 e. The van der Waals surface area contributed by atoms with E-state index in [1.165, 1.54) is 5.56 Å². The first-order valence-corrected chi connectivity index (χ1v) is 6.41. The van der Waals surface area contributed by atoms with Gasteiger partial charge in [-0.1, -0.05) is 31.0 Å². The molecule has 5 heteroatoms. The van der Waals surface area contributed by atoms with Crippen LogP contribution in [-0.4, -0.2) is 17.6 Å². The molecule has 0 atom stereocenters. The van der Waals surface area contributed by atoms with E-state index in [-0.39, 0.29) is 5.96 Å². The number of hydrogen-bond donors (Lipinski definition) is 4. The molecule has 4 N–H and O–H groups in total. The molecule has 0 amide bonds. The number of benzene rings is 1. The summed E-state index contributed by atoms with van der Waals surface area (Å²) in [5.41, 5.74) is 3.30. The number of para-hydroxylation sites is 1. The van der Waals surface area contributed by atoms with Crippen molar-refractivity contribution in [3.8, 4) is 12.3 Å². The number of hydrogen-bond acceptors (Lipinski definition) is 2. The minimum absolute atomic E-state index is 0.0853. The van der Waals surface area contributed by atoms with Gasteiger partial charge in [0.05, 0.1) is 6.54 Å². The molecule has 0 bridgehead atoms. The first-order chi connectivity index (χ1) is 9.08. The van der Waals surface area contributed by atoms with Crippen LogP contribution in [0.4, 0.5) is 5.69 Å². The number of thiocarbonyl (C=S) groups is 1. The lowest BCUT2D eigenvalue weighted by Crippen LogP contribution is -2.42. The van der Waals surface area contributed by atoms with Gasteiger partial charge in [-0.3, -0.25) is 5.41 Å². The molecule has 0 aromatic heterocycles. The molecule has 0 heterocycles. The van der Waals surface area contributed by atoms with Crippen molar-refractivity contribution >= 4 is 29.0 Å². The highest BCUT2D eigenvalue weighted by molar-refractivity contribution is 7.80. The van der Waals surface area contributed by atoms with Gasteiger partial charge in [-0.05, 0) is 36.7 Å². The molecule has 0 saturated heterocycles. The van der Waals surface area contributed by atoms with Crippen LogP contribution < -0.4 is 16.0 Å². The summed E-state index contributed by atoms with van der Waals surface area (Å²) in [6, 6.07) is 6.10. The van der Waals surface area contributed by atoms with Gasteiger partial charge >= 0.3 is 0 Å². The SMILES string of the molecule is C#CCNC(=N)NC(=S)Nc1c(C)cccc1CC. The van der Waals surface area contributed by atoms with Crippen molar-refractivity contribution in [1.29, 1.82) is 5.41 Å². The van der Waals surface area contributed by atoms with Crippen LogP contribution in [0, 0.1) is 24.7 Å². The highest BCUT2D eigenvalue weighted by Gasteiger charge is 2.06. The molecule has 1 rings (SSSR count). The number of nitrogens with one attached hydrogen (secondary N) is 4. The Labute approximate surface area is 119 Å². The fourth-order valence-electron chi connectivity index (χ4n) is 1.64. The third-order valence-electron chi connectivity index (χ3n) is 2.58. The van der Waals surface area contributed by atoms with Crippen LogP contribution in [0.15, 0.2) is 18.2 Å². The van der Waals surface area contributed by atoms with Gasteiger partial charge in [0.25, 0.3) is 0 Å². The summed E-state index contributed by atoms with van der Waals surface area (Å²) in [5, 5.41) is 16.5. The third-order valence-corrected chi connectivity index (χ3v) is 2.79. The zero-order valence-electron chi connectivity index (χ0n) is 11.1. The van der Waals surface area contributed by atoms with Crippen LogP contribution in [0.3, 0.4) is 0 Å². The molecular weight excluding hydrogens is 256 g/mol. The second-order valence-electron chi connectivity index (χ2n) is 3.97. The summed E-state index contributed by atoms with van der Waals surface area (Å²) in [7, 11) is 0. The minimum atomic E-state index is 0.0853. The predicted molar refractivity (Wildman–Crippen MR) is 84.5 cm³/mol. The van der Waals surface area contributed by atoms with Crippen molar-refractivity contribution in [2.75, 3.05) is 11.9 Å². The van der Waals surface area contributed by atoms with Crippen LogP contribution in [0.2, 0.25) is 0 Å². The van der Waals surface area contributed by atoms with E-state index in [9.17, 15) is 0 Å². The number of anilines is 1. The Balaban J connectivity index is 2.67. The van der Waals surface area contributed by atoms with Gasteiger partial charge < -0.3 is 16.0 Å². The van der Waals surface area contributed by atoms with E-state index in [1.807, 2.05) is 19.1 Å². The molecule has 0 spiro atoms. The van der Waals surface area contributed by atoms with E-state index < -0.39 is 0 Å². The lowest BCUT2D eigenvalue weighted by atomic mass is 10.1. The lowest BCUT2D eigenvalue weighted by molar-refractivity contribution is 1.00. The van der Waals surface area contributed by atoms with E-state index in [4.69, 9.17) is 24.1 Å². The molecule has 0 aliphatic rings.